The molecule has 7 heteroatoms. The first-order valence-electron chi connectivity index (χ1n) is 8.20. The number of piperazine rings is 1. The van der Waals surface area contributed by atoms with Crippen molar-refractivity contribution in [1.29, 1.82) is 0 Å². The average Bonchev–Trinajstić information content (AvgIpc) is 2.65. The zero-order valence-corrected chi connectivity index (χ0v) is 15.5. The van der Waals surface area contributed by atoms with Crippen LogP contribution in [0.2, 0.25) is 0 Å². The van der Waals surface area contributed by atoms with Crippen molar-refractivity contribution in [1.82, 2.24) is 9.80 Å². The van der Waals surface area contributed by atoms with E-state index >= 15 is 0 Å². The molecule has 0 aromatic heterocycles. The van der Waals surface area contributed by atoms with Gasteiger partial charge in [-0.05, 0) is 57.9 Å². The fourth-order valence-electron chi connectivity index (χ4n) is 2.87. The van der Waals surface area contributed by atoms with Gasteiger partial charge in [0.15, 0.2) is 0 Å². The molecule has 0 saturated carbocycles. The second-order valence-corrected chi connectivity index (χ2v) is 6.96. The normalized spacial score (nSPS) is 14.4. The molecule has 1 saturated heterocycles. The monoisotopic (exact) mass is 422 g/mol. The first-order valence-corrected chi connectivity index (χ1v) is 9.00. The van der Waals surface area contributed by atoms with E-state index in [-0.39, 0.29) is 24.1 Å². The van der Waals surface area contributed by atoms with Crippen LogP contribution in [-0.4, -0.2) is 47.8 Å². The minimum absolute atomic E-state index is 0.0967. The van der Waals surface area contributed by atoms with E-state index in [1.807, 2.05) is 0 Å². The summed E-state index contributed by atoms with van der Waals surface area (Å²) in [6.07, 6.45) is 0.121. The fourth-order valence-corrected chi connectivity index (χ4v) is 3.12. The van der Waals surface area contributed by atoms with Crippen LogP contribution in [-0.2, 0) is 11.2 Å². The molecule has 0 N–H and O–H groups in total. The molecule has 26 heavy (non-hydrogen) atoms. The van der Waals surface area contributed by atoms with Gasteiger partial charge >= 0.3 is 0 Å². The molecular formula is C19H17BrF2N2O2. The summed E-state index contributed by atoms with van der Waals surface area (Å²) in [5.41, 5.74) is 1.04. The Bertz CT molecular complexity index is 819. The molecular weight excluding hydrogens is 406 g/mol. The summed E-state index contributed by atoms with van der Waals surface area (Å²) in [7, 11) is 0. The van der Waals surface area contributed by atoms with Crippen molar-refractivity contribution in [2.75, 3.05) is 26.2 Å². The summed E-state index contributed by atoms with van der Waals surface area (Å²) in [6, 6.07) is 10.1. The number of amides is 2. The first kappa shape index (κ1) is 18.5. The summed E-state index contributed by atoms with van der Waals surface area (Å²) in [5.74, 6) is -1.06. The topological polar surface area (TPSA) is 40.6 Å². The highest BCUT2D eigenvalue weighted by Gasteiger charge is 2.25. The van der Waals surface area contributed by atoms with Crippen LogP contribution in [0.15, 0.2) is 46.9 Å². The van der Waals surface area contributed by atoms with Gasteiger partial charge in [0, 0.05) is 31.7 Å². The van der Waals surface area contributed by atoms with Crippen molar-refractivity contribution in [3.05, 3.63) is 69.7 Å². The number of carbonyl (C=O) groups is 2. The third-order valence-electron chi connectivity index (χ3n) is 4.35. The van der Waals surface area contributed by atoms with Crippen molar-refractivity contribution in [2.45, 2.75) is 6.42 Å². The van der Waals surface area contributed by atoms with E-state index in [0.717, 1.165) is 0 Å². The lowest BCUT2D eigenvalue weighted by molar-refractivity contribution is -0.131. The Morgan fingerprint density at radius 2 is 1.54 bits per heavy atom. The van der Waals surface area contributed by atoms with Crippen LogP contribution in [0.1, 0.15) is 15.9 Å². The number of nitrogens with zero attached hydrogens (tertiary/aromatic N) is 2. The number of hydrogen-bond donors (Lipinski definition) is 0. The largest absolute Gasteiger partial charge is 0.339 e. The Labute approximate surface area is 158 Å². The lowest BCUT2D eigenvalue weighted by Crippen LogP contribution is -2.51. The molecule has 0 atom stereocenters. The number of rotatable bonds is 3. The van der Waals surface area contributed by atoms with E-state index < -0.39 is 5.82 Å². The van der Waals surface area contributed by atoms with E-state index in [0.29, 0.717) is 41.8 Å². The van der Waals surface area contributed by atoms with E-state index in [9.17, 15) is 18.4 Å². The van der Waals surface area contributed by atoms with Crippen molar-refractivity contribution < 1.29 is 18.4 Å². The van der Waals surface area contributed by atoms with Crippen LogP contribution in [0, 0.1) is 11.6 Å². The predicted molar refractivity (Wildman–Crippen MR) is 96.7 cm³/mol. The van der Waals surface area contributed by atoms with Crippen LogP contribution in [0.4, 0.5) is 8.78 Å². The second-order valence-electron chi connectivity index (χ2n) is 6.11. The third-order valence-corrected chi connectivity index (χ3v) is 4.99. The van der Waals surface area contributed by atoms with Gasteiger partial charge in [-0.3, -0.25) is 9.59 Å². The maximum atomic E-state index is 13.6. The zero-order valence-electron chi connectivity index (χ0n) is 13.9. The minimum atomic E-state index is -0.398. The van der Waals surface area contributed by atoms with E-state index in [1.165, 1.54) is 30.3 Å². The minimum Gasteiger partial charge on any atom is -0.339 e. The standard InChI is InChI=1S/C19H17BrF2N2O2/c20-16-6-1-13(11-17(16)22)12-18(25)23-7-9-24(10-8-23)19(26)14-2-4-15(21)5-3-14/h1-6,11H,7-10,12H2. The Morgan fingerprint density at radius 3 is 2.15 bits per heavy atom. The van der Waals surface area contributed by atoms with Gasteiger partial charge in [0.1, 0.15) is 11.6 Å². The van der Waals surface area contributed by atoms with E-state index in [1.54, 1.807) is 21.9 Å². The molecule has 2 aromatic carbocycles. The van der Waals surface area contributed by atoms with E-state index in [2.05, 4.69) is 15.9 Å². The van der Waals surface area contributed by atoms with Gasteiger partial charge in [-0.2, -0.15) is 0 Å². The molecule has 0 aliphatic carbocycles. The van der Waals surface area contributed by atoms with Gasteiger partial charge in [0.2, 0.25) is 5.91 Å². The molecule has 1 fully saturated rings. The second kappa shape index (κ2) is 7.95. The molecule has 0 bridgehead atoms. The summed E-state index contributed by atoms with van der Waals surface area (Å²) in [5, 5.41) is 0. The van der Waals surface area contributed by atoms with Crippen LogP contribution in [0.5, 0.6) is 0 Å². The molecule has 1 aliphatic rings. The van der Waals surface area contributed by atoms with Crippen molar-refractivity contribution in [3.63, 3.8) is 0 Å². The maximum absolute atomic E-state index is 13.6. The van der Waals surface area contributed by atoms with E-state index in [4.69, 9.17) is 0 Å². The van der Waals surface area contributed by atoms with Crippen LogP contribution in [0.3, 0.4) is 0 Å². The Hall–Kier alpha value is -2.28. The van der Waals surface area contributed by atoms with Gasteiger partial charge in [-0.25, -0.2) is 8.78 Å². The Kier molecular flexibility index (Phi) is 5.66. The molecule has 1 aliphatic heterocycles. The van der Waals surface area contributed by atoms with Gasteiger partial charge in [0.25, 0.3) is 5.91 Å². The van der Waals surface area contributed by atoms with Crippen molar-refractivity contribution in [3.8, 4) is 0 Å². The molecule has 0 radical (unpaired) electrons. The molecule has 4 nitrogen and oxygen atoms in total. The Balaban J connectivity index is 1.55. The number of benzene rings is 2. The molecule has 136 valence electrons. The maximum Gasteiger partial charge on any atom is 0.253 e. The van der Waals surface area contributed by atoms with Gasteiger partial charge in [-0.1, -0.05) is 6.07 Å². The molecule has 0 unspecified atom stereocenters. The first-order chi connectivity index (χ1) is 12.4. The van der Waals surface area contributed by atoms with Gasteiger partial charge in [0.05, 0.1) is 10.9 Å². The average molecular weight is 423 g/mol. The lowest BCUT2D eigenvalue weighted by atomic mass is 10.1. The Morgan fingerprint density at radius 1 is 0.923 bits per heavy atom. The zero-order chi connectivity index (χ0) is 18.7. The quantitative estimate of drug-likeness (QED) is 0.761. The molecule has 0 spiro atoms. The van der Waals surface area contributed by atoms with Crippen LogP contribution in [0.25, 0.3) is 0 Å². The number of hydrogen-bond acceptors (Lipinski definition) is 2. The molecule has 2 amide bonds. The number of carbonyl (C=O) groups excluding carboxylic acids is 2. The predicted octanol–water partition coefficient (Wildman–Crippen LogP) is 3.25. The summed E-state index contributed by atoms with van der Waals surface area (Å²) in [4.78, 5) is 28.1. The van der Waals surface area contributed by atoms with Crippen LogP contribution >= 0.6 is 15.9 Å². The molecule has 3 rings (SSSR count). The van der Waals surface area contributed by atoms with Crippen LogP contribution < -0.4 is 0 Å². The summed E-state index contributed by atoms with van der Waals surface area (Å²) < 4.78 is 26.9. The fraction of sp³-hybridized carbons (Fsp3) is 0.263. The van der Waals surface area contributed by atoms with Crippen molar-refractivity contribution >= 4 is 27.7 Å². The number of halogens is 3. The highest BCUT2D eigenvalue weighted by Crippen LogP contribution is 2.17. The molecule has 1 heterocycles. The lowest BCUT2D eigenvalue weighted by Gasteiger charge is -2.35. The highest BCUT2D eigenvalue weighted by molar-refractivity contribution is 9.10. The third kappa shape index (κ3) is 4.27. The van der Waals surface area contributed by atoms with Gasteiger partial charge < -0.3 is 9.80 Å². The van der Waals surface area contributed by atoms with Crippen molar-refractivity contribution in [2.24, 2.45) is 0 Å². The summed E-state index contributed by atoms with van der Waals surface area (Å²) in [6.45, 7) is 1.67. The highest BCUT2D eigenvalue weighted by atomic mass is 79.9. The van der Waals surface area contributed by atoms with Gasteiger partial charge in [-0.15, -0.1) is 0 Å². The molecule has 2 aromatic rings. The smallest absolute Gasteiger partial charge is 0.253 e. The SMILES string of the molecule is O=C(Cc1ccc(Br)c(F)c1)N1CCN(C(=O)c2ccc(F)cc2)CC1. The summed E-state index contributed by atoms with van der Waals surface area (Å²) >= 11 is 3.09.